The van der Waals surface area contributed by atoms with Gasteiger partial charge >= 0.3 is 0 Å². The van der Waals surface area contributed by atoms with Crippen LogP contribution in [0.4, 0.5) is 0 Å². The maximum absolute atomic E-state index is 13.5. The highest BCUT2D eigenvalue weighted by Crippen LogP contribution is 2.29. The van der Waals surface area contributed by atoms with Crippen molar-refractivity contribution in [3.05, 3.63) is 93.8 Å². The highest BCUT2D eigenvalue weighted by atomic mass is 32.2. The Kier molecular flexibility index (Phi) is 5.60. The van der Waals surface area contributed by atoms with Gasteiger partial charge in [-0.15, -0.1) is 10.2 Å². The number of ether oxygens (including phenoxy) is 1. The summed E-state index contributed by atoms with van der Waals surface area (Å²) in [6.07, 6.45) is 3.26. The Morgan fingerprint density at radius 2 is 1.78 bits per heavy atom. The minimum absolute atomic E-state index is 0.0548. The second-order valence-electron chi connectivity index (χ2n) is 8.94. The van der Waals surface area contributed by atoms with Gasteiger partial charge in [0.25, 0.3) is 5.56 Å². The third kappa shape index (κ3) is 3.69. The molecule has 2 heterocycles. The smallest absolute Gasteiger partial charge is 0.267 e. The van der Waals surface area contributed by atoms with Crippen molar-refractivity contribution in [2.24, 2.45) is 0 Å². The molecule has 0 saturated carbocycles. The quantitative estimate of drug-likeness (QED) is 0.246. The van der Waals surface area contributed by atoms with Crippen LogP contribution in [0.2, 0.25) is 0 Å². The molecule has 180 valence electrons. The summed E-state index contributed by atoms with van der Waals surface area (Å²) in [6, 6.07) is 20.7. The van der Waals surface area contributed by atoms with E-state index in [2.05, 4.69) is 16.3 Å². The average molecular weight is 497 g/mol. The van der Waals surface area contributed by atoms with E-state index >= 15 is 0 Å². The first-order valence-corrected chi connectivity index (χ1v) is 12.8. The van der Waals surface area contributed by atoms with Gasteiger partial charge in [-0.3, -0.25) is 14.0 Å². The number of aromatic nitrogens is 4. The zero-order chi connectivity index (χ0) is 24.8. The third-order valence-corrected chi connectivity index (χ3v) is 7.80. The molecular formula is C28H24N4O3S. The number of fused-ring (bicyclic) bond motifs is 4. The highest BCUT2D eigenvalue weighted by Gasteiger charge is 2.24. The van der Waals surface area contributed by atoms with Crippen molar-refractivity contribution in [1.82, 2.24) is 19.2 Å². The zero-order valence-electron chi connectivity index (χ0n) is 20.0. The van der Waals surface area contributed by atoms with Crippen LogP contribution in [0.5, 0.6) is 5.75 Å². The number of nitrogens with zero attached hydrogens (tertiary/aromatic N) is 4. The molecule has 1 atom stereocenters. The Morgan fingerprint density at radius 1 is 1.00 bits per heavy atom. The summed E-state index contributed by atoms with van der Waals surface area (Å²) >= 11 is 1.35. The Hall–Kier alpha value is -3.91. The number of methoxy groups -OCH3 is 1. The topological polar surface area (TPSA) is 78.5 Å². The number of Topliss-reactive ketones (excluding diaryl/α,β-unsaturated/α-hetero) is 1. The Bertz CT molecular complexity index is 1690. The van der Waals surface area contributed by atoms with Gasteiger partial charge in [0.1, 0.15) is 5.75 Å². The molecule has 0 spiro atoms. The Balaban J connectivity index is 1.44. The molecule has 1 aliphatic carbocycles. The molecule has 6 rings (SSSR count). The van der Waals surface area contributed by atoms with Crippen LogP contribution in [0.3, 0.4) is 0 Å². The van der Waals surface area contributed by atoms with Gasteiger partial charge in [0.15, 0.2) is 10.9 Å². The number of carbonyl (C=O) groups is 1. The van der Waals surface area contributed by atoms with Gasteiger partial charge in [0.2, 0.25) is 5.78 Å². The summed E-state index contributed by atoms with van der Waals surface area (Å²) in [5.41, 5.74) is 4.52. The SMILES string of the molecule is COc1ccc(-n2c(=O)c3ccccc3n3c(SC(C)C(=O)c4ccc5c(c4)CCC5)nnc23)cc1. The van der Waals surface area contributed by atoms with Gasteiger partial charge in [0, 0.05) is 5.56 Å². The van der Waals surface area contributed by atoms with E-state index in [-0.39, 0.29) is 16.6 Å². The molecule has 3 aromatic carbocycles. The van der Waals surface area contributed by atoms with Crippen LogP contribution in [0, 0.1) is 0 Å². The van der Waals surface area contributed by atoms with Crippen molar-refractivity contribution in [1.29, 1.82) is 0 Å². The second-order valence-corrected chi connectivity index (χ2v) is 10.2. The number of para-hydroxylation sites is 1. The number of rotatable bonds is 6. The van der Waals surface area contributed by atoms with E-state index in [1.807, 2.05) is 53.8 Å². The predicted molar refractivity (Wildman–Crippen MR) is 141 cm³/mol. The Labute approximate surface area is 211 Å². The van der Waals surface area contributed by atoms with E-state index in [1.165, 1.54) is 22.9 Å². The number of hydrogen-bond acceptors (Lipinski definition) is 6. The number of aryl methyl sites for hydroxylation is 2. The molecule has 0 radical (unpaired) electrons. The normalized spacial score (nSPS) is 13.7. The molecule has 7 nitrogen and oxygen atoms in total. The molecule has 0 saturated heterocycles. The third-order valence-electron chi connectivity index (χ3n) is 6.76. The maximum atomic E-state index is 13.5. The Morgan fingerprint density at radius 3 is 2.58 bits per heavy atom. The van der Waals surface area contributed by atoms with Crippen LogP contribution in [0.15, 0.2) is 76.7 Å². The van der Waals surface area contributed by atoms with Gasteiger partial charge in [-0.05, 0) is 79.8 Å². The summed E-state index contributed by atoms with van der Waals surface area (Å²) < 4.78 is 8.68. The zero-order valence-corrected chi connectivity index (χ0v) is 20.8. The van der Waals surface area contributed by atoms with Crippen LogP contribution in [-0.2, 0) is 12.8 Å². The van der Waals surface area contributed by atoms with Crippen LogP contribution in [0.25, 0.3) is 22.4 Å². The largest absolute Gasteiger partial charge is 0.497 e. The molecule has 0 fully saturated rings. The van der Waals surface area contributed by atoms with Crippen molar-refractivity contribution in [2.75, 3.05) is 7.11 Å². The lowest BCUT2D eigenvalue weighted by molar-refractivity contribution is 0.0993. The van der Waals surface area contributed by atoms with Gasteiger partial charge < -0.3 is 4.74 Å². The van der Waals surface area contributed by atoms with Crippen molar-refractivity contribution < 1.29 is 9.53 Å². The first-order valence-electron chi connectivity index (χ1n) is 11.9. The number of hydrogen-bond donors (Lipinski definition) is 0. The molecular weight excluding hydrogens is 472 g/mol. The number of ketones is 1. The summed E-state index contributed by atoms with van der Waals surface area (Å²) in [5.74, 6) is 1.14. The second kappa shape index (κ2) is 8.95. The molecule has 0 N–H and O–H groups in total. The number of thioether (sulfide) groups is 1. The lowest BCUT2D eigenvalue weighted by Crippen LogP contribution is -2.22. The fourth-order valence-electron chi connectivity index (χ4n) is 4.89. The van der Waals surface area contributed by atoms with E-state index in [9.17, 15) is 9.59 Å². The van der Waals surface area contributed by atoms with E-state index in [1.54, 1.807) is 29.9 Å². The molecule has 8 heteroatoms. The highest BCUT2D eigenvalue weighted by molar-refractivity contribution is 8.00. The number of carbonyl (C=O) groups excluding carboxylic acids is 1. The van der Waals surface area contributed by atoms with E-state index in [4.69, 9.17) is 4.74 Å². The first-order chi connectivity index (χ1) is 17.5. The molecule has 1 aliphatic rings. The minimum Gasteiger partial charge on any atom is -0.497 e. The van der Waals surface area contributed by atoms with Gasteiger partial charge in [-0.2, -0.15) is 0 Å². The monoisotopic (exact) mass is 496 g/mol. The summed E-state index contributed by atoms with van der Waals surface area (Å²) in [4.78, 5) is 26.8. The van der Waals surface area contributed by atoms with E-state index in [0.29, 0.717) is 33.3 Å². The first kappa shape index (κ1) is 22.5. The molecule has 2 aromatic heterocycles. The molecule has 36 heavy (non-hydrogen) atoms. The summed E-state index contributed by atoms with van der Waals surface area (Å²) in [7, 11) is 1.60. The van der Waals surface area contributed by atoms with Gasteiger partial charge in [0.05, 0.1) is 29.0 Å². The van der Waals surface area contributed by atoms with Crippen molar-refractivity contribution in [3.63, 3.8) is 0 Å². The van der Waals surface area contributed by atoms with Crippen LogP contribution in [0.1, 0.15) is 34.8 Å². The van der Waals surface area contributed by atoms with Crippen LogP contribution >= 0.6 is 11.8 Å². The average Bonchev–Trinajstić information content (AvgIpc) is 3.55. The summed E-state index contributed by atoms with van der Waals surface area (Å²) in [6.45, 7) is 1.89. The van der Waals surface area contributed by atoms with Gasteiger partial charge in [-0.25, -0.2) is 4.57 Å². The fraction of sp³-hybridized carbons (Fsp3) is 0.214. The standard InChI is InChI=1S/C28H24N4O3S/c1-17(25(33)20-11-10-18-6-5-7-19(18)16-20)36-28-30-29-27-31(21-12-14-22(35-2)15-13-21)26(34)23-8-3-4-9-24(23)32(27)28/h3-4,8-17H,5-7H2,1-2H3. The van der Waals surface area contributed by atoms with E-state index < -0.39 is 0 Å². The molecule has 0 amide bonds. The van der Waals surface area contributed by atoms with Crippen LogP contribution < -0.4 is 10.3 Å². The molecule has 1 unspecified atom stereocenters. The van der Waals surface area contributed by atoms with Crippen LogP contribution in [-0.4, -0.2) is 37.3 Å². The minimum atomic E-state index is -0.378. The van der Waals surface area contributed by atoms with Crippen molar-refractivity contribution in [2.45, 2.75) is 36.6 Å². The van der Waals surface area contributed by atoms with Crippen molar-refractivity contribution >= 4 is 34.2 Å². The fourth-order valence-corrected chi connectivity index (χ4v) is 5.82. The van der Waals surface area contributed by atoms with Crippen molar-refractivity contribution in [3.8, 4) is 11.4 Å². The summed E-state index contributed by atoms with van der Waals surface area (Å²) in [5, 5.41) is 9.54. The maximum Gasteiger partial charge on any atom is 0.267 e. The van der Waals surface area contributed by atoms with Gasteiger partial charge in [-0.1, -0.05) is 36.0 Å². The lowest BCUT2D eigenvalue weighted by atomic mass is 10.0. The van der Waals surface area contributed by atoms with E-state index in [0.717, 1.165) is 24.8 Å². The molecule has 0 aliphatic heterocycles. The number of benzene rings is 3. The molecule has 0 bridgehead atoms. The lowest BCUT2D eigenvalue weighted by Gasteiger charge is -2.13. The predicted octanol–water partition coefficient (Wildman–Crippen LogP) is 4.89. The molecule has 5 aromatic rings.